The van der Waals surface area contributed by atoms with Crippen LogP contribution in [0.1, 0.15) is 25.5 Å². The van der Waals surface area contributed by atoms with Crippen LogP contribution >= 0.6 is 12.2 Å². The molecule has 2 N–H and O–H groups in total. The third-order valence-electron chi connectivity index (χ3n) is 3.10. The van der Waals surface area contributed by atoms with Crippen LogP contribution in [-0.4, -0.2) is 18.0 Å². The second-order valence-corrected chi connectivity index (χ2v) is 4.78. The molecule has 1 aromatic rings. The Morgan fingerprint density at radius 1 is 1.37 bits per heavy atom. The van der Waals surface area contributed by atoms with Crippen LogP contribution in [0.2, 0.25) is 0 Å². The molecule has 0 aliphatic carbocycles. The van der Waals surface area contributed by atoms with E-state index >= 15 is 0 Å². The van der Waals surface area contributed by atoms with Gasteiger partial charge in [-0.15, -0.1) is 0 Å². The molecule has 4 nitrogen and oxygen atoms in total. The average Bonchev–Trinajstić information content (AvgIpc) is 2.37. The molecule has 1 atom stereocenters. The lowest BCUT2D eigenvalue weighted by molar-refractivity contribution is -0.114. The Kier molecular flexibility index (Phi) is 3.85. The molecule has 0 spiro atoms. The first-order chi connectivity index (χ1) is 9.04. The van der Waals surface area contributed by atoms with E-state index in [1.54, 1.807) is 14.0 Å². The number of Topliss-reactive ketones (excluding diaryl/α,β-unsaturated/α-hetero) is 1. The number of hydrogen-bond acceptors (Lipinski definition) is 3. The molecule has 0 fully saturated rings. The molecule has 2 rings (SSSR count). The summed E-state index contributed by atoms with van der Waals surface area (Å²) in [6.45, 7) is 3.41. The third-order valence-corrected chi connectivity index (χ3v) is 3.32. The fourth-order valence-electron chi connectivity index (χ4n) is 2.30. The lowest BCUT2D eigenvalue weighted by Crippen LogP contribution is -2.44. The minimum atomic E-state index is -0.276. The summed E-state index contributed by atoms with van der Waals surface area (Å²) in [5.74, 6) is 0.743. The molecular formula is C14H16N2O2S. The van der Waals surface area contributed by atoms with Crippen LogP contribution < -0.4 is 15.4 Å². The van der Waals surface area contributed by atoms with Crippen molar-refractivity contribution in [2.75, 3.05) is 7.11 Å². The van der Waals surface area contributed by atoms with E-state index in [0.717, 1.165) is 17.0 Å². The van der Waals surface area contributed by atoms with Gasteiger partial charge in [-0.2, -0.15) is 0 Å². The van der Waals surface area contributed by atoms with Crippen molar-refractivity contribution in [3.63, 3.8) is 0 Å². The molecule has 0 saturated carbocycles. The van der Waals surface area contributed by atoms with E-state index in [1.807, 2.05) is 31.2 Å². The van der Waals surface area contributed by atoms with Gasteiger partial charge < -0.3 is 15.4 Å². The number of carbonyl (C=O) groups excluding carboxylic acids is 1. The summed E-state index contributed by atoms with van der Waals surface area (Å²) >= 11 is 5.17. The van der Waals surface area contributed by atoms with Gasteiger partial charge in [0.2, 0.25) is 0 Å². The van der Waals surface area contributed by atoms with E-state index in [2.05, 4.69) is 10.6 Å². The summed E-state index contributed by atoms with van der Waals surface area (Å²) in [6, 6.07) is 7.33. The second kappa shape index (κ2) is 5.40. The van der Waals surface area contributed by atoms with Gasteiger partial charge in [0, 0.05) is 16.8 Å². The summed E-state index contributed by atoms with van der Waals surface area (Å²) < 4.78 is 5.36. The molecule has 1 aliphatic rings. The Labute approximate surface area is 117 Å². The van der Waals surface area contributed by atoms with Crippen molar-refractivity contribution >= 4 is 23.1 Å². The maximum Gasteiger partial charge on any atom is 0.171 e. The number of carbonyl (C=O) groups is 1. The van der Waals surface area contributed by atoms with Crippen molar-refractivity contribution in [3.8, 4) is 5.75 Å². The molecule has 1 aliphatic heterocycles. The highest BCUT2D eigenvalue weighted by Gasteiger charge is 2.29. The van der Waals surface area contributed by atoms with Crippen molar-refractivity contribution in [2.45, 2.75) is 19.9 Å². The summed E-state index contributed by atoms with van der Waals surface area (Å²) in [4.78, 5) is 11.9. The van der Waals surface area contributed by atoms with E-state index in [-0.39, 0.29) is 11.8 Å². The normalized spacial score (nSPS) is 18.7. The van der Waals surface area contributed by atoms with E-state index in [1.165, 1.54) is 0 Å². The molecule has 19 heavy (non-hydrogen) atoms. The van der Waals surface area contributed by atoms with Gasteiger partial charge in [-0.1, -0.05) is 18.2 Å². The van der Waals surface area contributed by atoms with Crippen LogP contribution in [0.15, 0.2) is 35.5 Å². The van der Waals surface area contributed by atoms with Crippen molar-refractivity contribution in [3.05, 3.63) is 41.1 Å². The van der Waals surface area contributed by atoms with Gasteiger partial charge in [0.1, 0.15) is 5.75 Å². The molecule has 0 amide bonds. The van der Waals surface area contributed by atoms with Crippen LogP contribution in [0.4, 0.5) is 0 Å². The van der Waals surface area contributed by atoms with Crippen molar-refractivity contribution in [1.29, 1.82) is 0 Å². The smallest absolute Gasteiger partial charge is 0.171 e. The second-order valence-electron chi connectivity index (χ2n) is 4.37. The first kappa shape index (κ1) is 13.5. The molecule has 0 saturated heterocycles. The van der Waals surface area contributed by atoms with Gasteiger partial charge in [-0.25, -0.2) is 0 Å². The Bertz CT molecular complexity index is 566. The van der Waals surface area contributed by atoms with Gasteiger partial charge >= 0.3 is 0 Å². The number of ketones is 1. The van der Waals surface area contributed by atoms with Crippen LogP contribution in [0.25, 0.3) is 0 Å². The molecule has 5 heteroatoms. The van der Waals surface area contributed by atoms with Crippen LogP contribution in [0, 0.1) is 0 Å². The quantitative estimate of drug-likeness (QED) is 0.828. The summed E-state index contributed by atoms with van der Waals surface area (Å²) in [5.41, 5.74) is 2.36. The zero-order chi connectivity index (χ0) is 14.0. The monoisotopic (exact) mass is 276 g/mol. The number of methoxy groups -OCH3 is 1. The Hall–Kier alpha value is -1.88. The Balaban J connectivity index is 2.55. The standard InChI is InChI=1S/C14H16N2O2S/c1-8-12(9(2)17)13(16-14(19)15-8)10-6-4-5-7-11(10)18-3/h4-7,13H,1-3H3,(H2,15,16,19)/t13-/m1/s1. The fraction of sp³-hybridized carbons (Fsp3) is 0.286. The molecule has 0 aromatic heterocycles. The van der Waals surface area contributed by atoms with Gasteiger partial charge in [0.15, 0.2) is 10.9 Å². The van der Waals surface area contributed by atoms with Gasteiger partial charge in [0.05, 0.1) is 13.2 Å². The van der Waals surface area contributed by atoms with E-state index in [4.69, 9.17) is 17.0 Å². The number of thiocarbonyl (C=S) groups is 1. The number of para-hydroxylation sites is 1. The first-order valence-corrected chi connectivity index (χ1v) is 6.37. The summed E-state index contributed by atoms with van der Waals surface area (Å²) in [7, 11) is 1.61. The number of benzene rings is 1. The van der Waals surface area contributed by atoms with Crippen LogP contribution in [-0.2, 0) is 4.79 Å². The van der Waals surface area contributed by atoms with Crippen molar-refractivity contribution in [2.24, 2.45) is 0 Å². The predicted octanol–water partition coefficient (Wildman–Crippen LogP) is 2.08. The minimum Gasteiger partial charge on any atom is -0.496 e. The van der Waals surface area contributed by atoms with Crippen LogP contribution in [0.5, 0.6) is 5.75 Å². The van der Waals surface area contributed by atoms with Gasteiger partial charge in [0.25, 0.3) is 0 Å². The molecule has 0 unspecified atom stereocenters. The third kappa shape index (κ3) is 2.61. The highest BCUT2D eigenvalue weighted by molar-refractivity contribution is 7.80. The first-order valence-electron chi connectivity index (χ1n) is 5.96. The van der Waals surface area contributed by atoms with E-state index < -0.39 is 0 Å². The summed E-state index contributed by atoms with van der Waals surface area (Å²) in [6.07, 6.45) is 0. The molecule has 1 aromatic carbocycles. The zero-order valence-electron chi connectivity index (χ0n) is 11.1. The number of nitrogens with one attached hydrogen (secondary N) is 2. The number of rotatable bonds is 3. The molecular weight excluding hydrogens is 260 g/mol. The predicted molar refractivity (Wildman–Crippen MR) is 78.0 cm³/mol. The van der Waals surface area contributed by atoms with Crippen LogP contribution in [0.3, 0.4) is 0 Å². The minimum absolute atomic E-state index is 0.0101. The van der Waals surface area contributed by atoms with E-state index in [0.29, 0.717) is 10.7 Å². The van der Waals surface area contributed by atoms with Crippen molar-refractivity contribution < 1.29 is 9.53 Å². The number of hydrogen-bond donors (Lipinski definition) is 2. The lowest BCUT2D eigenvalue weighted by Gasteiger charge is -2.30. The number of ether oxygens (including phenoxy) is 1. The van der Waals surface area contributed by atoms with E-state index in [9.17, 15) is 4.79 Å². The maximum atomic E-state index is 11.9. The lowest BCUT2D eigenvalue weighted by atomic mass is 9.92. The van der Waals surface area contributed by atoms with Gasteiger partial charge in [-0.3, -0.25) is 4.79 Å². The topological polar surface area (TPSA) is 50.4 Å². The molecule has 1 heterocycles. The molecule has 0 radical (unpaired) electrons. The molecule has 100 valence electrons. The van der Waals surface area contributed by atoms with Crippen molar-refractivity contribution in [1.82, 2.24) is 10.6 Å². The SMILES string of the molecule is COc1ccccc1[C@H]1NC(=S)NC(C)=C1C(C)=O. The largest absolute Gasteiger partial charge is 0.496 e. The Morgan fingerprint density at radius 3 is 2.68 bits per heavy atom. The average molecular weight is 276 g/mol. The van der Waals surface area contributed by atoms with Gasteiger partial charge in [-0.05, 0) is 32.1 Å². The maximum absolute atomic E-state index is 11.9. The summed E-state index contributed by atoms with van der Waals surface area (Å²) in [5, 5.41) is 6.63. The zero-order valence-corrected chi connectivity index (χ0v) is 11.9. The Morgan fingerprint density at radius 2 is 2.05 bits per heavy atom. The fourth-order valence-corrected chi connectivity index (χ4v) is 2.57. The highest BCUT2D eigenvalue weighted by Crippen LogP contribution is 2.32. The molecule has 0 bridgehead atoms. The number of allylic oxidation sites excluding steroid dienone is 1. The highest BCUT2D eigenvalue weighted by atomic mass is 32.1.